The zero-order valence-electron chi connectivity index (χ0n) is 11.8. The third kappa shape index (κ3) is 3.65. The van der Waals surface area contributed by atoms with Gasteiger partial charge in [-0.1, -0.05) is 17.7 Å². The average molecular weight is 275 g/mol. The molecule has 2 rings (SSSR count). The molecule has 0 radical (unpaired) electrons. The number of nitro benzene ring substituents is 1. The normalized spacial score (nSPS) is 17.6. The topological polar surface area (TPSA) is 58.4 Å². The number of rotatable bonds is 5. The third-order valence-corrected chi connectivity index (χ3v) is 3.60. The van der Waals surface area contributed by atoms with Gasteiger partial charge in [0.2, 0.25) is 0 Å². The van der Waals surface area contributed by atoms with Crippen LogP contribution in [0, 0.1) is 10.1 Å². The maximum atomic E-state index is 10.9. The molecule has 1 aromatic carbocycles. The van der Waals surface area contributed by atoms with E-state index in [-0.39, 0.29) is 16.7 Å². The van der Waals surface area contributed by atoms with Crippen molar-refractivity contribution in [3.05, 3.63) is 52.1 Å². The van der Waals surface area contributed by atoms with Gasteiger partial charge in [-0.05, 0) is 18.9 Å². The zero-order valence-corrected chi connectivity index (χ0v) is 11.8. The molecule has 20 heavy (non-hydrogen) atoms. The van der Waals surface area contributed by atoms with Crippen LogP contribution in [0.15, 0.2) is 36.4 Å². The summed E-state index contributed by atoms with van der Waals surface area (Å²) in [6.07, 6.45) is 0.834. The Morgan fingerprint density at radius 2 is 2.20 bits per heavy atom. The molecule has 5 nitrogen and oxygen atoms in total. The number of nitrogens with one attached hydrogen (secondary N) is 1. The number of piperazine rings is 1. The van der Waals surface area contributed by atoms with Crippen molar-refractivity contribution in [2.45, 2.75) is 19.4 Å². The van der Waals surface area contributed by atoms with Gasteiger partial charge >= 0.3 is 0 Å². The van der Waals surface area contributed by atoms with Crippen LogP contribution in [0.2, 0.25) is 0 Å². The van der Waals surface area contributed by atoms with Crippen LogP contribution in [-0.4, -0.2) is 36.0 Å². The second kappa shape index (κ2) is 6.63. The first-order chi connectivity index (χ1) is 9.58. The summed E-state index contributed by atoms with van der Waals surface area (Å²) in [5.74, 6) is 0. The first-order valence-corrected chi connectivity index (χ1v) is 6.91. The molecule has 0 bridgehead atoms. The quantitative estimate of drug-likeness (QED) is 0.509. The highest BCUT2D eigenvalue weighted by Crippen LogP contribution is 2.29. The molecule has 5 heteroatoms. The molecule has 108 valence electrons. The van der Waals surface area contributed by atoms with E-state index in [1.54, 1.807) is 18.2 Å². The van der Waals surface area contributed by atoms with Crippen LogP contribution in [0.25, 0.3) is 0 Å². The van der Waals surface area contributed by atoms with Crippen LogP contribution in [0.3, 0.4) is 0 Å². The van der Waals surface area contributed by atoms with E-state index in [1.165, 1.54) is 0 Å². The van der Waals surface area contributed by atoms with Crippen molar-refractivity contribution < 1.29 is 4.92 Å². The molecule has 1 fully saturated rings. The summed E-state index contributed by atoms with van der Waals surface area (Å²) in [5.41, 5.74) is 2.26. The molecular weight excluding hydrogens is 254 g/mol. The van der Waals surface area contributed by atoms with E-state index in [1.807, 2.05) is 13.0 Å². The van der Waals surface area contributed by atoms with E-state index in [9.17, 15) is 10.1 Å². The molecule has 1 aliphatic heterocycles. The van der Waals surface area contributed by atoms with E-state index >= 15 is 0 Å². The van der Waals surface area contributed by atoms with Crippen molar-refractivity contribution >= 4 is 5.69 Å². The van der Waals surface area contributed by atoms with E-state index in [0.717, 1.165) is 43.7 Å². The fraction of sp³-hybridized carbons (Fsp3) is 0.467. The zero-order chi connectivity index (χ0) is 14.5. The van der Waals surface area contributed by atoms with Crippen molar-refractivity contribution in [2.24, 2.45) is 0 Å². The minimum Gasteiger partial charge on any atom is -0.314 e. The van der Waals surface area contributed by atoms with Crippen LogP contribution >= 0.6 is 0 Å². The summed E-state index contributed by atoms with van der Waals surface area (Å²) in [6.45, 7) is 9.84. The lowest BCUT2D eigenvalue weighted by atomic mass is 9.97. The third-order valence-electron chi connectivity index (χ3n) is 3.60. The fourth-order valence-electron chi connectivity index (χ4n) is 2.63. The van der Waals surface area contributed by atoms with Gasteiger partial charge in [-0.15, -0.1) is 6.58 Å². The first-order valence-electron chi connectivity index (χ1n) is 6.91. The first kappa shape index (κ1) is 14.7. The van der Waals surface area contributed by atoms with Crippen LogP contribution in [-0.2, 0) is 0 Å². The number of hydrogen-bond acceptors (Lipinski definition) is 4. The highest BCUT2D eigenvalue weighted by molar-refractivity contribution is 5.36. The van der Waals surface area contributed by atoms with E-state index in [4.69, 9.17) is 0 Å². The maximum Gasteiger partial charge on any atom is 0.269 e. The largest absolute Gasteiger partial charge is 0.314 e. The van der Waals surface area contributed by atoms with Crippen molar-refractivity contribution in [2.75, 3.05) is 26.2 Å². The minimum absolute atomic E-state index is 0.157. The van der Waals surface area contributed by atoms with Crippen LogP contribution in [0.1, 0.15) is 24.9 Å². The van der Waals surface area contributed by atoms with Crippen molar-refractivity contribution in [1.29, 1.82) is 0 Å². The lowest BCUT2D eigenvalue weighted by molar-refractivity contribution is -0.385. The Morgan fingerprint density at radius 1 is 1.50 bits per heavy atom. The smallest absolute Gasteiger partial charge is 0.269 e. The number of nitro groups is 1. The van der Waals surface area contributed by atoms with Gasteiger partial charge < -0.3 is 5.32 Å². The molecule has 0 aliphatic carbocycles. The molecule has 1 saturated heterocycles. The van der Waals surface area contributed by atoms with Crippen LogP contribution in [0.4, 0.5) is 5.69 Å². The Kier molecular flexibility index (Phi) is 4.87. The van der Waals surface area contributed by atoms with Crippen LogP contribution < -0.4 is 5.32 Å². The maximum absolute atomic E-state index is 10.9. The lowest BCUT2D eigenvalue weighted by Crippen LogP contribution is -2.45. The summed E-state index contributed by atoms with van der Waals surface area (Å²) < 4.78 is 0. The average Bonchev–Trinajstić information content (AvgIpc) is 2.45. The predicted molar refractivity (Wildman–Crippen MR) is 79.7 cm³/mol. The molecule has 1 aliphatic rings. The van der Waals surface area contributed by atoms with Gasteiger partial charge in [0, 0.05) is 44.4 Å². The molecule has 1 atom stereocenters. The van der Waals surface area contributed by atoms with E-state index in [0.29, 0.717) is 0 Å². The molecule has 0 amide bonds. The molecular formula is C15H21N3O2. The Labute approximate surface area is 119 Å². The monoisotopic (exact) mass is 275 g/mol. The number of hydrogen-bond donors (Lipinski definition) is 1. The molecule has 0 spiro atoms. The Bertz CT molecular complexity index is 496. The SMILES string of the molecule is C=C(C)C[C@H](c1cccc([N+](=O)[O-])c1)N1CCNCC1. The summed E-state index contributed by atoms with van der Waals surface area (Å²) in [6, 6.07) is 7.15. The molecule has 1 aromatic rings. The molecule has 0 saturated carbocycles. The van der Waals surface area contributed by atoms with Crippen molar-refractivity contribution in [3.63, 3.8) is 0 Å². The number of nitrogens with zero attached hydrogens (tertiary/aromatic N) is 2. The summed E-state index contributed by atoms with van der Waals surface area (Å²) >= 11 is 0. The molecule has 0 aromatic heterocycles. The fourth-order valence-corrected chi connectivity index (χ4v) is 2.63. The van der Waals surface area contributed by atoms with Gasteiger partial charge in [-0.3, -0.25) is 15.0 Å². The number of non-ortho nitro benzene ring substituents is 1. The van der Waals surface area contributed by atoms with Crippen molar-refractivity contribution in [1.82, 2.24) is 10.2 Å². The molecule has 1 heterocycles. The summed E-state index contributed by atoms with van der Waals surface area (Å²) in [5, 5.41) is 14.3. The minimum atomic E-state index is -0.334. The molecule has 0 unspecified atom stereocenters. The second-order valence-electron chi connectivity index (χ2n) is 5.32. The van der Waals surface area contributed by atoms with Gasteiger partial charge in [-0.25, -0.2) is 0 Å². The summed E-state index contributed by atoms with van der Waals surface area (Å²) in [7, 11) is 0. The van der Waals surface area contributed by atoms with Crippen molar-refractivity contribution in [3.8, 4) is 0 Å². The Morgan fingerprint density at radius 3 is 2.80 bits per heavy atom. The lowest BCUT2D eigenvalue weighted by Gasteiger charge is -2.35. The van der Waals surface area contributed by atoms with Crippen LogP contribution in [0.5, 0.6) is 0 Å². The predicted octanol–water partition coefficient (Wildman–Crippen LogP) is 2.51. The highest BCUT2D eigenvalue weighted by atomic mass is 16.6. The number of benzene rings is 1. The standard InChI is InChI=1S/C15H21N3O2/c1-12(2)10-15(17-8-6-16-7-9-17)13-4-3-5-14(11-13)18(19)20/h3-5,11,15-16H,1,6-10H2,2H3/t15-/m1/s1. The second-order valence-corrected chi connectivity index (χ2v) is 5.32. The van der Waals surface area contributed by atoms with E-state index < -0.39 is 0 Å². The van der Waals surface area contributed by atoms with Gasteiger partial charge in [0.25, 0.3) is 5.69 Å². The highest BCUT2D eigenvalue weighted by Gasteiger charge is 2.23. The van der Waals surface area contributed by atoms with Gasteiger partial charge in [0.15, 0.2) is 0 Å². The van der Waals surface area contributed by atoms with Gasteiger partial charge in [-0.2, -0.15) is 0 Å². The Hall–Kier alpha value is -1.72. The Balaban J connectivity index is 2.27. The van der Waals surface area contributed by atoms with Gasteiger partial charge in [0.1, 0.15) is 0 Å². The summed E-state index contributed by atoms with van der Waals surface area (Å²) in [4.78, 5) is 13.0. The van der Waals surface area contributed by atoms with Gasteiger partial charge in [0.05, 0.1) is 4.92 Å². The van der Waals surface area contributed by atoms with E-state index in [2.05, 4.69) is 16.8 Å². The molecule has 1 N–H and O–H groups in total.